The quantitative estimate of drug-likeness (QED) is 0.0162. The third-order valence-corrected chi connectivity index (χ3v) is 14.6. The van der Waals surface area contributed by atoms with Gasteiger partial charge in [-0.15, -0.1) is 0 Å². The molecule has 3 aliphatic rings. The van der Waals surface area contributed by atoms with Gasteiger partial charge in [0.25, 0.3) is 11.8 Å². The van der Waals surface area contributed by atoms with Crippen LogP contribution in [0.3, 0.4) is 0 Å². The molecule has 3 aliphatic heterocycles. The van der Waals surface area contributed by atoms with Gasteiger partial charge in [-0.25, -0.2) is 26.2 Å². The standard InChI is InChI=1S/C52H62N8O15S2/c1-58(19-7-16-47(61)54-17-18-55-51(64)37-10-4-13-38(28-37)74-33-48(56-57-53)73-25-24-72-34-49(62)63)52(65)40-15-3-2-14-39(40)50-41-29-35-11-5-20-59(22-8-26-76(66,67)68)43(35)31-45(41)75-46-32-44-36(30-42(46)50)12-6-21-60(44)23-9-27-77(69,70)71/h2-4,10,13-15,28-32,48H,5-9,11-12,16-27,33-34H2,1H3,(H4-,54,55,61,62,63,64,66,67,68,69,70,71)/p-1. The third-order valence-electron chi connectivity index (χ3n) is 13.0. The maximum Gasteiger partial charge on any atom is 0.329 e. The Hall–Kier alpha value is -7.12. The maximum atomic E-state index is 14.5. The van der Waals surface area contributed by atoms with Crippen LogP contribution in [0.15, 0.2) is 77.9 Å². The lowest BCUT2D eigenvalue weighted by atomic mass is 9.86. The highest BCUT2D eigenvalue weighted by atomic mass is 32.2. The van der Waals surface area contributed by atoms with Gasteiger partial charge in [0, 0.05) is 120 Å². The second kappa shape index (κ2) is 26.8. The van der Waals surface area contributed by atoms with E-state index >= 15 is 0 Å². The minimum atomic E-state index is -4.40. The van der Waals surface area contributed by atoms with Crippen LogP contribution in [-0.2, 0) is 52.1 Å². The van der Waals surface area contributed by atoms with Crippen LogP contribution in [0.4, 0.5) is 5.69 Å². The Morgan fingerprint density at radius 3 is 2.44 bits per heavy atom. The number of anilines is 1. The smallest absolute Gasteiger partial charge is 0.329 e. The summed E-state index contributed by atoms with van der Waals surface area (Å²) in [6.07, 6.45) is 2.75. The molecule has 412 valence electrons. The van der Waals surface area contributed by atoms with E-state index in [1.807, 2.05) is 24.3 Å². The van der Waals surface area contributed by atoms with E-state index in [0.29, 0.717) is 61.0 Å². The fourth-order valence-corrected chi connectivity index (χ4v) is 10.5. The van der Waals surface area contributed by atoms with Crippen LogP contribution in [0, 0.1) is 0 Å². The molecule has 4 aromatic carbocycles. The first kappa shape index (κ1) is 57.6. The average molecular weight is 1100 g/mol. The molecule has 0 aliphatic carbocycles. The van der Waals surface area contributed by atoms with Crippen LogP contribution in [0.25, 0.3) is 16.0 Å². The molecule has 23 nitrogen and oxygen atoms in total. The number of aliphatic carboxylic acids is 1. The van der Waals surface area contributed by atoms with Gasteiger partial charge in [-0.3, -0.25) is 14.4 Å². The molecule has 25 heteroatoms. The molecule has 0 saturated carbocycles. The molecule has 0 saturated heterocycles. The summed E-state index contributed by atoms with van der Waals surface area (Å²) < 4.78 is 93.6. The summed E-state index contributed by atoms with van der Waals surface area (Å²) >= 11 is 0. The van der Waals surface area contributed by atoms with E-state index in [4.69, 9.17) is 29.6 Å². The Morgan fingerprint density at radius 2 is 1.66 bits per heavy atom. The van der Waals surface area contributed by atoms with Crippen LogP contribution in [0.2, 0.25) is 0 Å². The second-order valence-electron chi connectivity index (χ2n) is 18.6. The predicted molar refractivity (Wildman–Crippen MR) is 279 cm³/mol. The number of carboxylic acid groups (broad SMARTS) is 1. The molecule has 7 rings (SSSR count). The predicted octanol–water partition coefficient (Wildman–Crippen LogP) is 2.63. The fraction of sp³-hybridized carbons (Fsp3) is 0.442. The molecule has 77 heavy (non-hydrogen) atoms. The number of rotatable bonds is 28. The highest BCUT2D eigenvalue weighted by Crippen LogP contribution is 2.43. The second-order valence-corrected chi connectivity index (χ2v) is 21.7. The number of fused-ring (bicyclic) bond motifs is 4. The lowest BCUT2D eigenvalue weighted by Crippen LogP contribution is -2.40. The SMILES string of the molecule is CN(CCCC(=O)NCCNC(=O)c1cccc(OCC(N=[N+]=[N-])OCCOCC(=O)O)c1)C(=O)c1ccccc1C1=c2cc3c(cc2Oc2cc4c(cc21)CCCN4CCCS(=O)(=O)[O-])=[N+](CCCS(=O)(=O)[O-])CCC3. The molecule has 4 aromatic rings. The Kier molecular flexibility index (Phi) is 20.0. The molecule has 3 heterocycles. The number of aryl methyl sites for hydroxylation is 2. The summed E-state index contributed by atoms with van der Waals surface area (Å²) in [7, 11) is -7.13. The number of ether oxygens (including phenoxy) is 4. The van der Waals surface area contributed by atoms with E-state index in [9.17, 15) is 45.1 Å². The van der Waals surface area contributed by atoms with Crippen molar-refractivity contribution in [3.63, 3.8) is 0 Å². The number of amides is 3. The summed E-state index contributed by atoms with van der Waals surface area (Å²) in [6.45, 7) is 1.70. The van der Waals surface area contributed by atoms with Gasteiger partial charge in [0.1, 0.15) is 43.6 Å². The number of carboxylic acids is 1. The van der Waals surface area contributed by atoms with Crippen LogP contribution in [0.5, 0.6) is 17.2 Å². The first-order valence-corrected chi connectivity index (χ1v) is 28.4. The summed E-state index contributed by atoms with van der Waals surface area (Å²) in [5, 5.41) is 19.3. The van der Waals surface area contributed by atoms with Crippen LogP contribution >= 0.6 is 0 Å². The Balaban J connectivity index is 1.01. The largest absolute Gasteiger partial charge is 0.748 e. The summed E-state index contributed by atoms with van der Waals surface area (Å²) in [6, 6.07) is 21.5. The minimum Gasteiger partial charge on any atom is -0.748 e. The Bertz CT molecular complexity index is 3260. The zero-order valence-electron chi connectivity index (χ0n) is 42.5. The highest BCUT2D eigenvalue weighted by Gasteiger charge is 2.30. The van der Waals surface area contributed by atoms with Gasteiger partial charge in [0.15, 0.2) is 6.23 Å². The van der Waals surface area contributed by atoms with E-state index in [0.717, 1.165) is 64.2 Å². The van der Waals surface area contributed by atoms with Crippen molar-refractivity contribution < 1.29 is 69.2 Å². The van der Waals surface area contributed by atoms with Gasteiger partial charge in [0.05, 0.1) is 39.5 Å². The number of hydrogen-bond donors (Lipinski definition) is 3. The first-order valence-electron chi connectivity index (χ1n) is 25.2. The molecule has 1 atom stereocenters. The number of benzene rings is 4. The van der Waals surface area contributed by atoms with Crippen LogP contribution in [0.1, 0.15) is 81.5 Å². The van der Waals surface area contributed by atoms with E-state index in [1.165, 1.54) is 6.07 Å². The molecular formula is C52H61N8O15S2-. The number of carbonyl (C=O) groups is 4. The van der Waals surface area contributed by atoms with Crippen molar-refractivity contribution >= 4 is 55.2 Å². The topological polar surface area (TPSA) is 322 Å². The molecule has 3 N–H and O–H groups in total. The highest BCUT2D eigenvalue weighted by molar-refractivity contribution is 7.85. The lowest BCUT2D eigenvalue weighted by molar-refractivity contribution is -0.143. The van der Waals surface area contributed by atoms with Crippen molar-refractivity contribution in [2.45, 2.75) is 57.6 Å². The van der Waals surface area contributed by atoms with Gasteiger partial charge < -0.3 is 53.6 Å². The fourth-order valence-electron chi connectivity index (χ4n) is 9.53. The van der Waals surface area contributed by atoms with Gasteiger partial charge in [-0.05, 0) is 85.2 Å². The van der Waals surface area contributed by atoms with Crippen molar-refractivity contribution in [2.75, 3.05) is 95.7 Å². The van der Waals surface area contributed by atoms with E-state index < -0.39 is 56.5 Å². The molecule has 0 aromatic heterocycles. The van der Waals surface area contributed by atoms with Crippen LogP contribution < -0.4 is 40.2 Å². The summed E-state index contributed by atoms with van der Waals surface area (Å²) in [5.41, 5.74) is 14.6. The normalized spacial score (nSPS) is 14.1. The molecule has 3 amide bonds. The van der Waals surface area contributed by atoms with Crippen molar-refractivity contribution in [1.29, 1.82) is 0 Å². The number of azide groups is 1. The molecule has 0 bridgehead atoms. The van der Waals surface area contributed by atoms with Crippen molar-refractivity contribution in [2.24, 2.45) is 5.11 Å². The van der Waals surface area contributed by atoms with Gasteiger partial charge in [-0.2, -0.15) is 0 Å². The van der Waals surface area contributed by atoms with E-state index in [1.54, 1.807) is 42.3 Å². The average Bonchev–Trinajstić information content (AvgIpc) is 3.55. The van der Waals surface area contributed by atoms with E-state index in [-0.39, 0.29) is 76.1 Å². The molecule has 1 unspecified atom stereocenters. The molecular weight excluding hydrogens is 1040 g/mol. The van der Waals surface area contributed by atoms with Crippen molar-refractivity contribution in [1.82, 2.24) is 20.1 Å². The number of carbonyl (C=O) groups excluding carboxylic acids is 3. The minimum absolute atomic E-state index is 0.0451. The van der Waals surface area contributed by atoms with Gasteiger partial charge >= 0.3 is 5.97 Å². The molecule has 0 spiro atoms. The van der Waals surface area contributed by atoms with Gasteiger partial charge in [-0.1, -0.05) is 29.4 Å². The summed E-state index contributed by atoms with van der Waals surface area (Å²) in [4.78, 5) is 57.4. The summed E-state index contributed by atoms with van der Waals surface area (Å²) in [5.74, 6) is -1.77. The lowest BCUT2D eigenvalue weighted by Gasteiger charge is -2.34. The Morgan fingerprint density at radius 1 is 0.896 bits per heavy atom. The Labute approximate surface area is 445 Å². The van der Waals surface area contributed by atoms with E-state index in [2.05, 4.69) is 42.3 Å². The number of nitrogens with zero attached hydrogens (tertiary/aromatic N) is 6. The molecule has 0 radical (unpaired) electrons. The third kappa shape index (κ3) is 16.4. The maximum absolute atomic E-state index is 14.5. The van der Waals surface area contributed by atoms with Crippen molar-refractivity contribution in [3.8, 4) is 17.2 Å². The monoisotopic (exact) mass is 1100 g/mol. The van der Waals surface area contributed by atoms with Crippen molar-refractivity contribution in [3.05, 3.63) is 127 Å². The number of nitrogens with one attached hydrogen (secondary N) is 2. The molecule has 0 fully saturated rings. The number of hydrogen-bond acceptors (Lipinski definition) is 16. The van der Waals surface area contributed by atoms with Crippen LogP contribution in [-0.4, -0.2) is 157 Å². The van der Waals surface area contributed by atoms with Gasteiger partial charge in [0.2, 0.25) is 11.3 Å². The first-order chi connectivity index (χ1) is 36.9. The zero-order chi connectivity index (χ0) is 55.1. The zero-order valence-corrected chi connectivity index (χ0v) is 44.2.